The zero-order valence-corrected chi connectivity index (χ0v) is 17.3. The van der Waals surface area contributed by atoms with Gasteiger partial charge in [0.1, 0.15) is 5.75 Å². The normalized spacial score (nSPS) is 14.7. The van der Waals surface area contributed by atoms with E-state index in [1.165, 1.54) is 15.5 Å². The molecule has 0 radical (unpaired) electrons. The van der Waals surface area contributed by atoms with Crippen LogP contribution in [0.15, 0.2) is 59.5 Å². The highest BCUT2D eigenvalue weighted by atomic mass is 32.2. The van der Waals surface area contributed by atoms with E-state index in [1.54, 1.807) is 7.11 Å². The van der Waals surface area contributed by atoms with Crippen molar-refractivity contribution in [2.24, 2.45) is 0 Å². The van der Waals surface area contributed by atoms with E-state index in [-0.39, 0.29) is 5.91 Å². The summed E-state index contributed by atoms with van der Waals surface area (Å²) >= 11 is 1.84. The number of quaternary nitrogens is 1. The number of benzene rings is 2. The Hall–Kier alpha value is -2.18. The standard InChI is InChI=1S/C22H29N3O2S/c1-27-20-8-5-7-19(17-20)25-14-12-24(13-15-25)18-22(26)23-11-6-16-28-21-9-3-2-4-10-21/h2-5,7-10,17H,6,11-16,18H2,1H3,(H,23,26)/p+1. The largest absolute Gasteiger partial charge is 0.497 e. The Labute approximate surface area is 172 Å². The van der Waals surface area contributed by atoms with E-state index < -0.39 is 0 Å². The number of thioether (sulfide) groups is 1. The first-order chi connectivity index (χ1) is 13.7. The highest BCUT2D eigenvalue weighted by Gasteiger charge is 2.22. The number of carbonyl (C=O) groups is 1. The molecule has 1 fully saturated rings. The number of rotatable bonds is 9. The van der Waals surface area contributed by atoms with Crippen molar-refractivity contribution in [3.8, 4) is 5.75 Å². The number of nitrogens with zero attached hydrogens (tertiary/aromatic N) is 1. The quantitative estimate of drug-likeness (QED) is 0.497. The number of methoxy groups -OCH3 is 1. The van der Waals surface area contributed by atoms with Crippen LogP contribution >= 0.6 is 11.8 Å². The molecule has 0 atom stereocenters. The molecular weight excluding hydrogens is 370 g/mol. The SMILES string of the molecule is COc1cccc(N2CC[NH+](CC(=O)NCCCSc3ccccc3)CC2)c1. The molecule has 0 aliphatic carbocycles. The summed E-state index contributed by atoms with van der Waals surface area (Å²) in [6.07, 6.45) is 0.990. The molecule has 2 aromatic rings. The van der Waals surface area contributed by atoms with Gasteiger partial charge >= 0.3 is 0 Å². The number of hydrogen-bond acceptors (Lipinski definition) is 4. The number of nitrogens with one attached hydrogen (secondary N) is 2. The Morgan fingerprint density at radius 1 is 1.14 bits per heavy atom. The first-order valence-corrected chi connectivity index (χ1v) is 10.9. The van der Waals surface area contributed by atoms with Crippen LogP contribution in [-0.2, 0) is 4.79 Å². The summed E-state index contributed by atoms with van der Waals surface area (Å²) in [7, 11) is 1.69. The Balaban J connectivity index is 1.30. The molecule has 1 heterocycles. The molecule has 0 spiro atoms. The van der Waals surface area contributed by atoms with Gasteiger partial charge in [0.05, 0.1) is 33.3 Å². The third kappa shape index (κ3) is 6.46. The van der Waals surface area contributed by atoms with Crippen LogP contribution in [0.1, 0.15) is 6.42 Å². The van der Waals surface area contributed by atoms with E-state index in [9.17, 15) is 4.79 Å². The highest BCUT2D eigenvalue weighted by Crippen LogP contribution is 2.20. The maximum atomic E-state index is 12.2. The maximum absolute atomic E-state index is 12.2. The summed E-state index contributed by atoms with van der Waals surface area (Å²) in [6, 6.07) is 18.6. The summed E-state index contributed by atoms with van der Waals surface area (Å²) < 4.78 is 5.31. The van der Waals surface area contributed by atoms with Crippen LogP contribution in [0.3, 0.4) is 0 Å². The van der Waals surface area contributed by atoms with Gasteiger partial charge in [0, 0.05) is 23.2 Å². The Kier molecular flexibility index (Phi) is 8.06. The highest BCUT2D eigenvalue weighted by molar-refractivity contribution is 7.99. The fraction of sp³-hybridized carbons (Fsp3) is 0.409. The molecule has 6 heteroatoms. The van der Waals surface area contributed by atoms with Crippen molar-refractivity contribution in [3.05, 3.63) is 54.6 Å². The maximum Gasteiger partial charge on any atom is 0.275 e. The zero-order valence-electron chi connectivity index (χ0n) is 16.5. The monoisotopic (exact) mass is 400 g/mol. The lowest BCUT2D eigenvalue weighted by atomic mass is 10.2. The lowest BCUT2D eigenvalue weighted by Crippen LogP contribution is -3.15. The van der Waals surface area contributed by atoms with Gasteiger partial charge in [0.2, 0.25) is 0 Å². The van der Waals surface area contributed by atoms with E-state index in [0.29, 0.717) is 6.54 Å². The molecule has 5 nitrogen and oxygen atoms in total. The second kappa shape index (κ2) is 11.0. The van der Waals surface area contributed by atoms with Crippen molar-refractivity contribution in [2.75, 3.05) is 57.0 Å². The van der Waals surface area contributed by atoms with Crippen LogP contribution in [-0.4, -0.2) is 58.0 Å². The molecule has 0 bridgehead atoms. The number of hydrogen-bond donors (Lipinski definition) is 2. The first-order valence-electron chi connectivity index (χ1n) is 9.92. The molecule has 1 aliphatic rings. The third-order valence-corrected chi connectivity index (χ3v) is 6.05. The molecule has 0 aromatic heterocycles. The Bertz CT molecular complexity index is 734. The van der Waals surface area contributed by atoms with Crippen LogP contribution in [0.25, 0.3) is 0 Å². The van der Waals surface area contributed by atoms with Crippen molar-refractivity contribution < 1.29 is 14.4 Å². The summed E-state index contributed by atoms with van der Waals surface area (Å²) in [5.41, 5.74) is 1.19. The zero-order chi connectivity index (χ0) is 19.6. The number of anilines is 1. The molecule has 28 heavy (non-hydrogen) atoms. The summed E-state index contributed by atoms with van der Waals surface area (Å²) in [6.45, 7) is 5.20. The molecule has 1 amide bonds. The number of piperazine rings is 1. The van der Waals surface area contributed by atoms with Gasteiger partial charge in [0.15, 0.2) is 6.54 Å². The minimum absolute atomic E-state index is 0.162. The summed E-state index contributed by atoms with van der Waals surface area (Å²) in [5, 5.41) is 3.07. The smallest absolute Gasteiger partial charge is 0.275 e. The lowest BCUT2D eigenvalue weighted by Gasteiger charge is -2.33. The van der Waals surface area contributed by atoms with Gasteiger partial charge in [-0.05, 0) is 36.4 Å². The molecule has 3 rings (SSSR count). The molecule has 150 valence electrons. The minimum Gasteiger partial charge on any atom is -0.497 e. The molecule has 0 saturated carbocycles. The van der Waals surface area contributed by atoms with Gasteiger partial charge in [-0.3, -0.25) is 4.79 Å². The second-order valence-electron chi connectivity index (χ2n) is 6.98. The molecule has 2 aromatic carbocycles. The van der Waals surface area contributed by atoms with Crippen LogP contribution in [0, 0.1) is 0 Å². The summed E-state index contributed by atoms with van der Waals surface area (Å²) in [5.74, 6) is 2.07. The molecular formula is C22H30N3O2S+. The van der Waals surface area contributed by atoms with Crippen molar-refractivity contribution >= 4 is 23.4 Å². The predicted octanol–water partition coefficient (Wildman–Crippen LogP) is 1.70. The van der Waals surface area contributed by atoms with Crippen LogP contribution in [0.4, 0.5) is 5.69 Å². The van der Waals surface area contributed by atoms with E-state index in [0.717, 1.165) is 50.6 Å². The minimum atomic E-state index is 0.162. The molecule has 2 N–H and O–H groups in total. The average molecular weight is 401 g/mol. The fourth-order valence-electron chi connectivity index (χ4n) is 3.36. The van der Waals surface area contributed by atoms with Gasteiger partial charge in [0.25, 0.3) is 5.91 Å². The van der Waals surface area contributed by atoms with Crippen molar-refractivity contribution in [1.29, 1.82) is 0 Å². The van der Waals surface area contributed by atoms with Gasteiger partial charge in [-0.15, -0.1) is 11.8 Å². The topological polar surface area (TPSA) is 46.0 Å². The van der Waals surface area contributed by atoms with E-state index >= 15 is 0 Å². The average Bonchev–Trinajstić information content (AvgIpc) is 2.75. The van der Waals surface area contributed by atoms with E-state index in [2.05, 4.69) is 46.6 Å². The van der Waals surface area contributed by atoms with Gasteiger partial charge in [-0.2, -0.15) is 0 Å². The van der Waals surface area contributed by atoms with Crippen LogP contribution in [0.5, 0.6) is 5.75 Å². The number of ether oxygens (including phenoxy) is 1. The van der Waals surface area contributed by atoms with Crippen molar-refractivity contribution in [1.82, 2.24) is 5.32 Å². The van der Waals surface area contributed by atoms with Crippen molar-refractivity contribution in [2.45, 2.75) is 11.3 Å². The summed E-state index contributed by atoms with van der Waals surface area (Å²) in [4.78, 5) is 17.2. The molecule has 1 saturated heterocycles. The lowest BCUT2D eigenvalue weighted by molar-refractivity contribution is -0.892. The Morgan fingerprint density at radius 2 is 1.93 bits per heavy atom. The number of amides is 1. The van der Waals surface area contributed by atoms with Gasteiger partial charge in [-0.25, -0.2) is 0 Å². The van der Waals surface area contributed by atoms with Crippen LogP contribution in [0.2, 0.25) is 0 Å². The van der Waals surface area contributed by atoms with Crippen molar-refractivity contribution in [3.63, 3.8) is 0 Å². The first kappa shape index (κ1) is 20.6. The third-order valence-electron chi connectivity index (χ3n) is 4.95. The molecule has 1 aliphatic heterocycles. The Morgan fingerprint density at radius 3 is 2.68 bits per heavy atom. The van der Waals surface area contributed by atoms with Gasteiger partial charge < -0.3 is 19.9 Å². The van der Waals surface area contributed by atoms with Crippen LogP contribution < -0.4 is 19.9 Å². The second-order valence-corrected chi connectivity index (χ2v) is 8.15. The predicted molar refractivity (Wildman–Crippen MR) is 116 cm³/mol. The van der Waals surface area contributed by atoms with Gasteiger partial charge in [-0.1, -0.05) is 24.3 Å². The number of carbonyl (C=O) groups excluding carboxylic acids is 1. The molecule has 0 unspecified atom stereocenters. The van der Waals surface area contributed by atoms with E-state index in [1.807, 2.05) is 30.0 Å². The van der Waals surface area contributed by atoms with E-state index in [4.69, 9.17) is 4.74 Å². The fourth-order valence-corrected chi connectivity index (χ4v) is 4.24.